The number of benzene rings is 2. The van der Waals surface area contributed by atoms with Crippen LogP contribution in [0.2, 0.25) is 10.0 Å². The van der Waals surface area contributed by atoms with Gasteiger partial charge < -0.3 is 15.8 Å². The van der Waals surface area contributed by atoms with Gasteiger partial charge in [0, 0.05) is 11.4 Å². The third-order valence-corrected chi connectivity index (χ3v) is 3.75. The highest BCUT2D eigenvalue weighted by Gasteiger charge is 2.14. The van der Waals surface area contributed by atoms with Gasteiger partial charge in [0.05, 0.1) is 22.7 Å². The van der Waals surface area contributed by atoms with Crippen molar-refractivity contribution in [1.29, 1.82) is 0 Å². The molecule has 0 aromatic heterocycles. The minimum atomic E-state index is -0.376. The summed E-state index contributed by atoms with van der Waals surface area (Å²) in [5, 5.41) is 3.17. The number of rotatable bonds is 3. The number of hydrogen-bond acceptors (Lipinski definition) is 3. The summed E-state index contributed by atoms with van der Waals surface area (Å²) in [5.74, 6) is 0.372. The van der Waals surface area contributed by atoms with Crippen molar-refractivity contribution in [3.05, 3.63) is 51.5 Å². The molecular formula is C15H14Cl2N2O2. The van der Waals surface area contributed by atoms with Gasteiger partial charge in [0.2, 0.25) is 0 Å². The fraction of sp³-hybridized carbons (Fsp3) is 0.133. The maximum absolute atomic E-state index is 12.3. The lowest BCUT2D eigenvalue weighted by Gasteiger charge is -2.11. The fourth-order valence-corrected chi connectivity index (χ4v) is 2.35. The van der Waals surface area contributed by atoms with Crippen molar-refractivity contribution in [3.63, 3.8) is 0 Å². The van der Waals surface area contributed by atoms with Gasteiger partial charge in [-0.1, -0.05) is 23.2 Å². The molecule has 0 bridgehead atoms. The van der Waals surface area contributed by atoms with Crippen molar-refractivity contribution in [3.8, 4) is 5.75 Å². The number of anilines is 2. The Morgan fingerprint density at radius 3 is 2.57 bits per heavy atom. The van der Waals surface area contributed by atoms with Crippen LogP contribution in [-0.2, 0) is 0 Å². The zero-order valence-corrected chi connectivity index (χ0v) is 13.0. The zero-order valence-electron chi connectivity index (χ0n) is 11.5. The number of methoxy groups -OCH3 is 1. The Hall–Kier alpha value is -1.91. The Kier molecular flexibility index (Phi) is 4.60. The van der Waals surface area contributed by atoms with Gasteiger partial charge >= 0.3 is 0 Å². The summed E-state index contributed by atoms with van der Waals surface area (Å²) >= 11 is 12.0. The van der Waals surface area contributed by atoms with Gasteiger partial charge in [-0.25, -0.2) is 0 Å². The molecule has 0 unspecified atom stereocenters. The van der Waals surface area contributed by atoms with E-state index in [1.54, 1.807) is 25.3 Å². The minimum Gasteiger partial charge on any atom is -0.496 e. The van der Waals surface area contributed by atoms with E-state index in [1.807, 2.05) is 6.92 Å². The van der Waals surface area contributed by atoms with Gasteiger partial charge in [0.25, 0.3) is 5.91 Å². The number of nitrogens with one attached hydrogen (secondary N) is 1. The second-order valence-electron chi connectivity index (χ2n) is 4.50. The minimum absolute atomic E-state index is 0.175. The Bertz CT molecular complexity index is 702. The average molecular weight is 325 g/mol. The summed E-state index contributed by atoms with van der Waals surface area (Å²) in [5.41, 5.74) is 7.83. The highest BCUT2D eigenvalue weighted by Crippen LogP contribution is 2.29. The molecule has 3 N–H and O–H groups in total. The molecule has 0 saturated carbocycles. The van der Waals surface area contributed by atoms with Crippen LogP contribution >= 0.6 is 23.2 Å². The van der Waals surface area contributed by atoms with E-state index in [4.69, 9.17) is 33.7 Å². The first kappa shape index (κ1) is 15.5. The van der Waals surface area contributed by atoms with E-state index in [1.165, 1.54) is 12.1 Å². The molecule has 2 aromatic rings. The van der Waals surface area contributed by atoms with Gasteiger partial charge in [-0.05, 0) is 42.8 Å². The van der Waals surface area contributed by atoms with E-state index < -0.39 is 0 Å². The van der Waals surface area contributed by atoms with E-state index in [0.29, 0.717) is 11.4 Å². The van der Waals surface area contributed by atoms with E-state index in [0.717, 1.165) is 11.3 Å². The molecule has 2 rings (SSSR count). The molecule has 0 heterocycles. The Morgan fingerprint density at radius 2 is 1.95 bits per heavy atom. The summed E-state index contributed by atoms with van der Waals surface area (Å²) in [4.78, 5) is 12.3. The Labute approximate surface area is 132 Å². The lowest BCUT2D eigenvalue weighted by Crippen LogP contribution is -2.13. The predicted molar refractivity (Wildman–Crippen MR) is 86.6 cm³/mol. The standard InChI is InChI=1S/C15H14Cl2N2O2/c1-8-5-10(3-4-13(8)21-2)19-15(20)11-6-9(18)7-12(16)14(11)17/h3-7H,18H2,1-2H3,(H,19,20). The van der Waals surface area contributed by atoms with E-state index >= 15 is 0 Å². The highest BCUT2D eigenvalue weighted by molar-refractivity contribution is 6.44. The Balaban J connectivity index is 2.28. The molecule has 0 atom stereocenters. The quantitative estimate of drug-likeness (QED) is 0.834. The monoisotopic (exact) mass is 324 g/mol. The van der Waals surface area contributed by atoms with Crippen molar-refractivity contribution in [2.75, 3.05) is 18.2 Å². The first-order valence-corrected chi connectivity index (χ1v) is 6.88. The summed E-state index contributed by atoms with van der Waals surface area (Å²) < 4.78 is 5.17. The maximum atomic E-state index is 12.3. The first-order chi connectivity index (χ1) is 9.92. The molecule has 2 aromatic carbocycles. The molecule has 21 heavy (non-hydrogen) atoms. The molecule has 0 aliphatic heterocycles. The summed E-state index contributed by atoms with van der Waals surface area (Å²) in [6.45, 7) is 1.89. The van der Waals surface area contributed by atoms with E-state index in [9.17, 15) is 4.79 Å². The summed E-state index contributed by atoms with van der Waals surface area (Å²) in [6, 6.07) is 8.31. The average Bonchev–Trinajstić information content (AvgIpc) is 2.43. The van der Waals surface area contributed by atoms with E-state index in [-0.39, 0.29) is 21.5 Å². The normalized spacial score (nSPS) is 10.3. The van der Waals surface area contributed by atoms with Gasteiger partial charge in [-0.3, -0.25) is 4.79 Å². The van der Waals surface area contributed by atoms with Crippen molar-refractivity contribution in [2.24, 2.45) is 0 Å². The third kappa shape index (κ3) is 3.40. The third-order valence-electron chi connectivity index (χ3n) is 2.95. The van der Waals surface area contributed by atoms with Crippen LogP contribution in [0.15, 0.2) is 30.3 Å². The van der Waals surface area contributed by atoms with Crippen LogP contribution in [0.3, 0.4) is 0 Å². The van der Waals surface area contributed by atoms with Crippen LogP contribution in [0.4, 0.5) is 11.4 Å². The molecule has 4 nitrogen and oxygen atoms in total. The number of halogens is 2. The van der Waals surface area contributed by atoms with Crippen molar-refractivity contribution in [1.82, 2.24) is 0 Å². The molecule has 6 heteroatoms. The molecule has 110 valence electrons. The molecule has 0 saturated heterocycles. The topological polar surface area (TPSA) is 64.3 Å². The molecule has 1 amide bonds. The second-order valence-corrected chi connectivity index (χ2v) is 5.29. The van der Waals surface area contributed by atoms with Crippen LogP contribution in [-0.4, -0.2) is 13.0 Å². The van der Waals surface area contributed by atoms with Crippen LogP contribution in [0, 0.1) is 6.92 Å². The maximum Gasteiger partial charge on any atom is 0.257 e. The largest absolute Gasteiger partial charge is 0.496 e. The molecule has 0 aliphatic rings. The number of carbonyl (C=O) groups is 1. The van der Waals surface area contributed by atoms with Gasteiger partial charge in [0.15, 0.2) is 0 Å². The SMILES string of the molecule is COc1ccc(NC(=O)c2cc(N)cc(Cl)c2Cl)cc1C. The number of hydrogen-bond donors (Lipinski definition) is 2. The molecule has 0 fully saturated rings. The number of nitrogens with two attached hydrogens (primary N) is 1. The number of aryl methyl sites for hydroxylation is 1. The highest BCUT2D eigenvalue weighted by atomic mass is 35.5. The first-order valence-electron chi connectivity index (χ1n) is 6.13. The van der Waals surface area contributed by atoms with E-state index in [2.05, 4.69) is 5.32 Å². The smallest absolute Gasteiger partial charge is 0.257 e. The van der Waals surface area contributed by atoms with Crippen LogP contribution in [0.1, 0.15) is 15.9 Å². The van der Waals surface area contributed by atoms with Crippen LogP contribution in [0.25, 0.3) is 0 Å². The van der Waals surface area contributed by atoms with Gasteiger partial charge in [0.1, 0.15) is 5.75 Å². The van der Waals surface area contributed by atoms with Crippen molar-refractivity contribution < 1.29 is 9.53 Å². The lowest BCUT2D eigenvalue weighted by atomic mass is 10.1. The number of nitrogen functional groups attached to an aromatic ring is 1. The van der Waals surface area contributed by atoms with Crippen LogP contribution < -0.4 is 15.8 Å². The summed E-state index contributed by atoms with van der Waals surface area (Å²) in [6.07, 6.45) is 0. The molecular weight excluding hydrogens is 311 g/mol. The summed E-state index contributed by atoms with van der Waals surface area (Å²) in [7, 11) is 1.59. The van der Waals surface area contributed by atoms with Crippen molar-refractivity contribution >= 4 is 40.5 Å². The molecule has 0 spiro atoms. The second kappa shape index (κ2) is 6.24. The van der Waals surface area contributed by atoms with Gasteiger partial charge in [-0.2, -0.15) is 0 Å². The molecule has 0 aliphatic carbocycles. The fourth-order valence-electron chi connectivity index (χ4n) is 1.93. The van der Waals surface area contributed by atoms with Gasteiger partial charge in [-0.15, -0.1) is 0 Å². The van der Waals surface area contributed by atoms with Crippen molar-refractivity contribution in [2.45, 2.75) is 6.92 Å². The molecule has 0 radical (unpaired) electrons. The number of amides is 1. The Morgan fingerprint density at radius 1 is 1.24 bits per heavy atom. The lowest BCUT2D eigenvalue weighted by molar-refractivity contribution is 0.102. The zero-order chi connectivity index (χ0) is 15.6. The predicted octanol–water partition coefficient (Wildman–Crippen LogP) is 4.14. The number of ether oxygens (including phenoxy) is 1. The van der Waals surface area contributed by atoms with Crippen LogP contribution in [0.5, 0.6) is 5.75 Å². The number of carbonyl (C=O) groups excluding carboxylic acids is 1.